The van der Waals surface area contributed by atoms with Gasteiger partial charge < -0.3 is 70.6 Å². The average molecular weight is 1040 g/mol. The van der Waals surface area contributed by atoms with Crippen molar-refractivity contribution in [2.75, 3.05) is 13.1 Å². The zero-order valence-electron chi connectivity index (χ0n) is 44.7. The van der Waals surface area contributed by atoms with Gasteiger partial charge in [0.25, 0.3) is 0 Å². The third-order valence-corrected chi connectivity index (χ3v) is 11.5. The molecule has 24 nitrogen and oxygen atoms in total. The van der Waals surface area contributed by atoms with Crippen molar-refractivity contribution >= 4 is 65.0 Å². The second-order valence-corrected chi connectivity index (χ2v) is 20.2. The van der Waals surface area contributed by atoms with E-state index in [1.54, 1.807) is 52.0 Å². The lowest BCUT2D eigenvalue weighted by Crippen LogP contribution is -2.60. The van der Waals surface area contributed by atoms with E-state index in [1.807, 2.05) is 27.7 Å². The van der Waals surface area contributed by atoms with Crippen LogP contribution in [0.25, 0.3) is 0 Å². The van der Waals surface area contributed by atoms with Gasteiger partial charge in [-0.15, -0.1) is 0 Å². The molecular formula is C50H86N14O10. The summed E-state index contributed by atoms with van der Waals surface area (Å²) < 4.78 is 0. The number of unbranched alkanes of at least 4 members (excludes halogenated alkanes) is 1. The van der Waals surface area contributed by atoms with Crippen LogP contribution in [0.15, 0.2) is 29.3 Å². The largest absolute Gasteiger partial charge is 0.481 e. The van der Waals surface area contributed by atoms with Gasteiger partial charge in [0.15, 0.2) is 5.96 Å². The van der Waals surface area contributed by atoms with Crippen molar-refractivity contribution in [2.45, 2.75) is 175 Å². The summed E-state index contributed by atoms with van der Waals surface area (Å²) in [6, 6.07) is -1.84. The quantitative estimate of drug-likeness (QED) is 0.0239. The molecule has 18 N–H and O–H groups in total. The molecule has 0 radical (unpaired) electrons. The van der Waals surface area contributed by atoms with Gasteiger partial charge in [-0.3, -0.25) is 53.6 Å². The van der Waals surface area contributed by atoms with Crippen LogP contribution in [0.1, 0.15) is 138 Å². The normalized spacial score (nSPS) is 14.0. The number of aliphatic carboxylic acids is 1. The van der Waals surface area contributed by atoms with Crippen molar-refractivity contribution < 1.29 is 48.3 Å². The van der Waals surface area contributed by atoms with Gasteiger partial charge in [-0.05, 0) is 93.6 Å². The number of amides is 8. The number of guanidine groups is 1. The number of carboxylic acids is 1. The van der Waals surface area contributed by atoms with Crippen LogP contribution < -0.4 is 65.5 Å². The third-order valence-electron chi connectivity index (χ3n) is 11.5. The molecule has 0 spiro atoms. The molecule has 0 heterocycles. The minimum atomic E-state index is -1.55. The first kappa shape index (κ1) is 65.2. The molecule has 0 fully saturated rings. The molecule has 24 heteroatoms. The fourth-order valence-corrected chi connectivity index (χ4v) is 7.68. The van der Waals surface area contributed by atoms with Crippen LogP contribution in [-0.4, -0.2) is 126 Å². The molecule has 0 saturated carbocycles. The Balaban J connectivity index is 3.50. The maximum atomic E-state index is 14.2. The van der Waals surface area contributed by atoms with E-state index in [1.165, 1.54) is 6.92 Å². The number of nitrogens with two attached hydrogens (primary N) is 4. The summed E-state index contributed by atoms with van der Waals surface area (Å²) in [5, 5.41) is 38.8. The van der Waals surface area contributed by atoms with Crippen molar-refractivity contribution in [3.63, 3.8) is 0 Å². The lowest BCUT2D eigenvalue weighted by molar-refractivity contribution is -0.139. The van der Waals surface area contributed by atoms with Crippen molar-refractivity contribution in [1.82, 2.24) is 42.5 Å². The van der Waals surface area contributed by atoms with Gasteiger partial charge in [0.05, 0.1) is 0 Å². The molecule has 0 bridgehead atoms. The third kappa shape index (κ3) is 26.2. The number of hydrogen-bond donors (Lipinski definition) is 14. The molecule has 0 aliphatic heterocycles. The number of nitrogen functional groups attached to an aromatic ring is 1. The number of hydrogen-bond acceptors (Lipinski definition) is 12. The number of nitrogens with zero attached hydrogens (tertiary/aromatic N) is 1. The fourth-order valence-electron chi connectivity index (χ4n) is 7.68. The summed E-state index contributed by atoms with van der Waals surface area (Å²) in [7, 11) is 0. The highest BCUT2D eigenvalue weighted by atomic mass is 16.4. The lowest BCUT2D eigenvalue weighted by Gasteiger charge is -2.29. The molecule has 0 aliphatic carbocycles. The zero-order chi connectivity index (χ0) is 56.2. The predicted molar refractivity (Wildman–Crippen MR) is 281 cm³/mol. The monoisotopic (exact) mass is 1040 g/mol. The van der Waals surface area contributed by atoms with Gasteiger partial charge in [-0.2, -0.15) is 0 Å². The zero-order valence-corrected chi connectivity index (χ0v) is 44.7. The number of benzene rings is 1. The van der Waals surface area contributed by atoms with E-state index in [0.717, 1.165) is 0 Å². The number of nitrogens with one attached hydrogen (secondary N) is 9. The van der Waals surface area contributed by atoms with Gasteiger partial charge in [0.2, 0.25) is 47.3 Å². The van der Waals surface area contributed by atoms with E-state index in [9.17, 15) is 48.3 Å². The minimum absolute atomic E-state index is 0.0205. The maximum absolute atomic E-state index is 14.2. The average Bonchev–Trinajstić information content (AvgIpc) is 3.30. The van der Waals surface area contributed by atoms with Gasteiger partial charge in [-0.1, -0.05) is 79.7 Å². The second-order valence-electron chi connectivity index (χ2n) is 20.2. The van der Waals surface area contributed by atoms with E-state index in [4.69, 9.17) is 28.3 Å². The molecule has 0 saturated heterocycles. The number of carbonyl (C=O) groups excluding carboxylic acids is 8. The molecule has 1 aromatic carbocycles. The van der Waals surface area contributed by atoms with Crippen molar-refractivity contribution in [3.8, 4) is 0 Å². The highest BCUT2D eigenvalue weighted by Crippen LogP contribution is 2.14. The summed E-state index contributed by atoms with van der Waals surface area (Å²) in [5.74, 6) is -7.96. The first-order valence-corrected chi connectivity index (χ1v) is 25.4. The number of rotatable bonds is 35. The van der Waals surface area contributed by atoms with Crippen LogP contribution in [0.4, 0.5) is 0 Å². The predicted octanol–water partition coefficient (Wildman–Crippen LogP) is -0.158. The van der Waals surface area contributed by atoms with Crippen LogP contribution in [-0.2, 0) is 49.7 Å². The first-order chi connectivity index (χ1) is 34.6. The summed E-state index contributed by atoms with van der Waals surface area (Å²) in [4.78, 5) is 125. The Kier molecular flexibility index (Phi) is 29.8. The topological polar surface area (TPSA) is 410 Å². The van der Waals surface area contributed by atoms with E-state index in [-0.39, 0.29) is 74.7 Å². The Labute approximate surface area is 435 Å². The molecule has 8 amide bonds. The lowest BCUT2D eigenvalue weighted by atomic mass is 9.98. The fraction of sp³-hybridized carbons (Fsp3) is 0.660. The highest BCUT2D eigenvalue weighted by Gasteiger charge is 2.35. The molecule has 0 aliphatic rings. The molecule has 7 atom stereocenters. The summed E-state index contributed by atoms with van der Waals surface area (Å²) in [6.07, 6.45) is 0.843. The highest BCUT2D eigenvalue weighted by molar-refractivity contribution is 5.98. The van der Waals surface area contributed by atoms with Gasteiger partial charge in [-0.25, -0.2) is 0 Å². The summed E-state index contributed by atoms with van der Waals surface area (Å²) in [6.45, 7) is 16.1. The van der Waals surface area contributed by atoms with Gasteiger partial charge in [0, 0.05) is 32.0 Å². The molecule has 0 unspecified atom stereocenters. The number of carbonyl (C=O) groups is 9. The Morgan fingerprint density at radius 1 is 0.554 bits per heavy atom. The summed E-state index contributed by atoms with van der Waals surface area (Å²) >= 11 is 0. The van der Waals surface area contributed by atoms with Crippen molar-refractivity contribution in [2.24, 2.45) is 51.6 Å². The van der Waals surface area contributed by atoms with Crippen LogP contribution in [0.3, 0.4) is 0 Å². The van der Waals surface area contributed by atoms with Crippen LogP contribution >= 0.6 is 0 Å². The van der Waals surface area contributed by atoms with Crippen LogP contribution in [0.5, 0.6) is 0 Å². The summed E-state index contributed by atoms with van der Waals surface area (Å²) in [5.41, 5.74) is 23.5. The smallest absolute Gasteiger partial charge is 0.303 e. The first-order valence-electron chi connectivity index (χ1n) is 25.4. The minimum Gasteiger partial charge on any atom is -0.481 e. The van der Waals surface area contributed by atoms with Crippen LogP contribution in [0, 0.1) is 29.1 Å². The van der Waals surface area contributed by atoms with E-state index < -0.39 is 114 Å². The molecular weight excluding hydrogens is 957 g/mol. The van der Waals surface area contributed by atoms with Crippen molar-refractivity contribution in [3.05, 3.63) is 35.4 Å². The Morgan fingerprint density at radius 2 is 0.973 bits per heavy atom. The molecule has 74 heavy (non-hydrogen) atoms. The molecule has 416 valence electrons. The number of aliphatic imine (C=N–C) groups is 1. The molecule has 0 aromatic heterocycles. The van der Waals surface area contributed by atoms with E-state index >= 15 is 0 Å². The van der Waals surface area contributed by atoms with Crippen LogP contribution in [0.2, 0.25) is 0 Å². The number of amidine groups is 1. The maximum Gasteiger partial charge on any atom is 0.303 e. The van der Waals surface area contributed by atoms with Gasteiger partial charge in [0.1, 0.15) is 48.1 Å². The standard InChI is InChI=1S/C50H86N14O10/c1-27(2)23-37(58-31(9)65)46(71)62-39(25-29(5)6)48(73)63-38(24-28(3)4)47(72)60-36(19-20-40(66)67)44(69)59-35(14-12-22-56-50(54)55)45(70)64-41(30(7)8)49(74)61-34(13-10-11-21-51)43(68)57-26-32-15-17-33(18-16-32)42(52)53/h15-18,27-30,34-39,41H,10-14,19-26,51H2,1-9H3,(H3,52,53)(H,57,68)(H,58,65)(H,59,69)(H,60,72)(H,61,74)(H,62,71)(H,63,73)(H,64,70)(H,66,67)(H4,54,55,56)/t34-,35-,36-,37-,38-,39-,41-/m0/s1. The van der Waals surface area contributed by atoms with E-state index in [0.29, 0.717) is 36.9 Å². The number of carboxylic acid groups (broad SMARTS) is 1. The second kappa shape index (κ2) is 33.8. The van der Waals surface area contributed by atoms with Crippen molar-refractivity contribution in [1.29, 1.82) is 5.41 Å². The Morgan fingerprint density at radius 3 is 1.41 bits per heavy atom. The SMILES string of the molecule is CC(=O)N[C@@H](CC(C)C)C(=O)N[C@@H](CC(C)C)C(=O)N[C@@H](CC(C)C)C(=O)N[C@@H](CCC(=O)O)C(=O)N[C@@H](CCCN=C(N)N)C(=O)N[C@H](C(=O)N[C@@H](CCCCN)C(=O)NCc1ccc(C(=N)N)cc1)C(C)C. The Bertz CT molecular complexity index is 2060. The molecule has 1 aromatic rings. The van der Waals surface area contributed by atoms with Gasteiger partial charge >= 0.3 is 5.97 Å². The van der Waals surface area contributed by atoms with E-state index in [2.05, 4.69) is 47.5 Å². The molecule has 1 rings (SSSR count). The Hall–Kier alpha value is -6.85.